The number of hydrogen-bond donors (Lipinski definition) is 0. The molecule has 0 amide bonds. The molecule has 4 heterocycles. The molecule has 0 N–H and O–H groups in total. The number of benzene rings is 8. The highest BCUT2D eigenvalue weighted by Gasteiger charge is 2.24. The second kappa shape index (κ2) is 14.0. The van der Waals surface area contributed by atoms with E-state index in [1.807, 2.05) is 47.7 Å². The SMILES string of the molecule is c1ccc(-c2cc(-c3ccc(-c4ccc(-c5nc6ccccc6c6sc7c8ccccc8n(-c8cccc9ccccc89)c7c56)cc4)cc3)nc(-c3ccccc3)n2)cc1. The van der Waals surface area contributed by atoms with Crippen molar-refractivity contribution in [3.05, 3.63) is 206 Å². The molecule has 0 aliphatic carbocycles. The van der Waals surface area contributed by atoms with Gasteiger partial charge in [0.05, 0.1) is 44.0 Å². The summed E-state index contributed by atoms with van der Waals surface area (Å²) in [5.41, 5.74) is 13.8. The third-order valence-corrected chi connectivity index (χ3v) is 12.9. The molecule has 4 aromatic heterocycles. The molecule has 0 aliphatic heterocycles. The predicted octanol–water partition coefficient (Wildman–Crippen LogP) is 14.8. The van der Waals surface area contributed by atoms with Crippen LogP contribution in [0.2, 0.25) is 0 Å². The lowest BCUT2D eigenvalue weighted by molar-refractivity contribution is 1.18. The zero-order valence-corrected chi connectivity index (χ0v) is 33.1. The van der Waals surface area contributed by atoms with Crippen molar-refractivity contribution in [2.75, 3.05) is 0 Å². The van der Waals surface area contributed by atoms with Crippen LogP contribution < -0.4 is 0 Å². The largest absolute Gasteiger partial charge is 0.307 e. The van der Waals surface area contributed by atoms with Crippen molar-refractivity contribution in [3.63, 3.8) is 0 Å². The van der Waals surface area contributed by atoms with Gasteiger partial charge in [-0.3, -0.25) is 0 Å². The number of fused-ring (bicyclic) bond motifs is 8. The summed E-state index contributed by atoms with van der Waals surface area (Å²) in [6, 6.07) is 72.9. The van der Waals surface area contributed by atoms with E-state index in [1.54, 1.807) is 0 Å². The standard InChI is InChI=1S/C55H34N4S/c1-3-15-38(16-4-1)46-34-47(58-55(57-46)41-17-5-2-6-18-41)39-30-26-35(27-31-39)36-28-32-40(33-29-36)51-50-52-54(60-53(50)43-21-9-11-23-45(43)56-51)44-22-10-12-24-49(44)59(52)48-25-13-19-37-14-7-8-20-42(37)48/h1-34H. The first-order valence-corrected chi connectivity index (χ1v) is 21.0. The van der Waals surface area contributed by atoms with E-state index in [-0.39, 0.29) is 0 Å². The third kappa shape index (κ3) is 5.63. The minimum Gasteiger partial charge on any atom is -0.307 e. The Balaban J connectivity index is 0.983. The lowest BCUT2D eigenvalue weighted by atomic mass is 9.99. The highest BCUT2D eigenvalue weighted by molar-refractivity contribution is 7.27. The Hall–Kier alpha value is -7.73. The van der Waals surface area contributed by atoms with Gasteiger partial charge in [-0.2, -0.15) is 0 Å². The topological polar surface area (TPSA) is 43.6 Å². The molecule has 0 radical (unpaired) electrons. The van der Waals surface area contributed by atoms with E-state index in [1.165, 1.54) is 53.1 Å². The maximum absolute atomic E-state index is 5.45. The maximum Gasteiger partial charge on any atom is 0.160 e. The van der Waals surface area contributed by atoms with Crippen LogP contribution in [-0.4, -0.2) is 19.5 Å². The first-order chi connectivity index (χ1) is 29.7. The highest BCUT2D eigenvalue weighted by Crippen LogP contribution is 2.48. The fourth-order valence-electron chi connectivity index (χ4n) is 8.73. The lowest BCUT2D eigenvalue weighted by Gasteiger charge is -2.13. The predicted molar refractivity (Wildman–Crippen MR) is 252 cm³/mol. The van der Waals surface area contributed by atoms with Crippen LogP contribution in [0.3, 0.4) is 0 Å². The number of aromatic nitrogens is 4. The zero-order chi connectivity index (χ0) is 39.6. The summed E-state index contributed by atoms with van der Waals surface area (Å²) in [6.45, 7) is 0. The molecule has 12 aromatic rings. The van der Waals surface area contributed by atoms with Crippen molar-refractivity contribution in [1.82, 2.24) is 19.5 Å². The van der Waals surface area contributed by atoms with Gasteiger partial charge in [-0.05, 0) is 40.8 Å². The molecule has 0 fully saturated rings. The highest BCUT2D eigenvalue weighted by atomic mass is 32.1. The summed E-state index contributed by atoms with van der Waals surface area (Å²) >= 11 is 1.88. The van der Waals surface area contributed by atoms with Gasteiger partial charge < -0.3 is 4.57 Å². The van der Waals surface area contributed by atoms with Crippen molar-refractivity contribution in [1.29, 1.82) is 0 Å². The summed E-state index contributed by atoms with van der Waals surface area (Å²) in [5.74, 6) is 0.711. The minimum absolute atomic E-state index is 0.711. The van der Waals surface area contributed by atoms with Gasteiger partial charge in [0.15, 0.2) is 5.82 Å². The van der Waals surface area contributed by atoms with E-state index in [0.717, 1.165) is 56.0 Å². The Morgan fingerprint density at radius 3 is 1.67 bits per heavy atom. The number of nitrogens with zero attached hydrogens (tertiary/aromatic N) is 4. The molecule has 12 rings (SSSR count). The summed E-state index contributed by atoms with van der Waals surface area (Å²) in [7, 11) is 0. The molecule has 4 nitrogen and oxygen atoms in total. The van der Waals surface area contributed by atoms with Gasteiger partial charge in [-0.25, -0.2) is 15.0 Å². The number of thiophene rings is 1. The van der Waals surface area contributed by atoms with Gasteiger partial charge in [0.25, 0.3) is 0 Å². The van der Waals surface area contributed by atoms with Crippen LogP contribution >= 0.6 is 11.3 Å². The normalized spacial score (nSPS) is 11.7. The number of pyridine rings is 1. The summed E-state index contributed by atoms with van der Waals surface area (Å²) in [6.07, 6.45) is 0. The Labute approximate surface area is 350 Å². The molecule has 0 spiro atoms. The van der Waals surface area contributed by atoms with Crippen molar-refractivity contribution < 1.29 is 0 Å². The molecule has 0 saturated carbocycles. The quantitative estimate of drug-likeness (QED) is 0.169. The van der Waals surface area contributed by atoms with Gasteiger partial charge >= 0.3 is 0 Å². The van der Waals surface area contributed by atoms with Gasteiger partial charge in [-0.1, -0.05) is 182 Å². The van der Waals surface area contributed by atoms with Crippen LogP contribution in [0.25, 0.3) is 115 Å². The lowest BCUT2D eigenvalue weighted by Crippen LogP contribution is -1.96. The van der Waals surface area contributed by atoms with Crippen molar-refractivity contribution in [2.24, 2.45) is 0 Å². The van der Waals surface area contributed by atoms with E-state index in [2.05, 4.69) is 174 Å². The molecule has 0 saturated heterocycles. The van der Waals surface area contributed by atoms with E-state index in [9.17, 15) is 0 Å². The molecule has 0 bridgehead atoms. The van der Waals surface area contributed by atoms with Gasteiger partial charge in [-0.15, -0.1) is 11.3 Å². The monoisotopic (exact) mass is 782 g/mol. The summed E-state index contributed by atoms with van der Waals surface area (Å²) < 4.78 is 5.01. The van der Waals surface area contributed by atoms with Crippen LogP contribution in [-0.2, 0) is 0 Å². The zero-order valence-electron chi connectivity index (χ0n) is 32.3. The van der Waals surface area contributed by atoms with Gasteiger partial charge in [0.1, 0.15) is 0 Å². The third-order valence-electron chi connectivity index (χ3n) is 11.6. The number of rotatable bonds is 6. The van der Waals surface area contributed by atoms with Crippen LogP contribution in [0.5, 0.6) is 0 Å². The second-order valence-corrected chi connectivity index (χ2v) is 16.2. The maximum atomic E-state index is 5.45. The van der Waals surface area contributed by atoms with E-state index in [0.29, 0.717) is 5.82 Å². The Kier molecular flexibility index (Phi) is 8.00. The molecule has 0 aliphatic rings. The first-order valence-electron chi connectivity index (χ1n) is 20.2. The summed E-state index contributed by atoms with van der Waals surface area (Å²) in [5, 5.41) is 6.06. The van der Waals surface area contributed by atoms with E-state index in [4.69, 9.17) is 15.0 Å². The van der Waals surface area contributed by atoms with E-state index >= 15 is 0 Å². The van der Waals surface area contributed by atoms with Crippen LogP contribution in [0, 0.1) is 0 Å². The summed E-state index contributed by atoms with van der Waals surface area (Å²) in [4.78, 5) is 15.5. The molecule has 0 unspecified atom stereocenters. The fourth-order valence-corrected chi connectivity index (χ4v) is 10.1. The van der Waals surface area contributed by atoms with Crippen LogP contribution in [0.15, 0.2) is 206 Å². The van der Waals surface area contributed by atoms with Gasteiger partial charge in [0.2, 0.25) is 0 Å². The van der Waals surface area contributed by atoms with E-state index < -0.39 is 0 Å². The Morgan fingerprint density at radius 2 is 0.933 bits per heavy atom. The van der Waals surface area contributed by atoms with Crippen molar-refractivity contribution >= 4 is 64.2 Å². The second-order valence-electron chi connectivity index (χ2n) is 15.2. The van der Waals surface area contributed by atoms with Gasteiger partial charge in [0, 0.05) is 48.5 Å². The van der Waals surface area contributed by atoms with Crippen LogP contribution in [0.4, 0.5) is 0 Å². The minimum atomic E-state index is 0.711. The first kappa shape index (κ1) is 34.3. The molecule has 60 heavy (non-hydrogen) atoms. The molecule has 0 atom stereocenters. The Morgan fingerprint density at radius 1 is 0.383 bits per heavy atom. The van der Waals surface area contributed by atoms with Crippen LogP contribution in [0.1, 0.15) is 0 Å². The van der Waals surface area contributed by atoms with Crippen molar-refractivity contribution in [2.45, 2.75) is 0 Å². The molecule has 5 heteroatoms. The molecule has 8 aromatic carbocycles. The number of para-hydroxylation sites is 2. The Bertz CT molecular complexity index is 3510. The molecule has 280 valence electrons. The number of hydrogen-bond acceptors (Lipinski definition) is 4. The average Bonchev–Trinajstić information content (AvgIpc) is 3.87. The smallest absolute Gasteiger partial charge is 0.160 e. The van der Waals surface area contributed by atoms with Crippen molar-refractivity contribution in [3.8, 4) is 62.0 Å². The fraction of sp³-hybridized carbons (Fsp3) is 0. The average molecular weight is 783 g/mol. The molecular weight excluding hydrogens is 749 g/mol. The molecular formula is C55H34N4S.